The number of aliphatic carboxylic acids is 1. The van der Waals surface area contributed by atoms with Gasteiger partial charge in [-0.3, -0.25) is 4.79 Å². The van der Waals surface area contributed by atoms with Gasteiger partial charge in [0.15, 0.2) is 0 Å². The molecule has 0 bridgehead atoms. The number of esters is 1. The number of hydrogen-bond donors (Lipinski definition) is 2. The highest BCUT2D eigenvalue weighted by Crippen LogP contribution is 2.40. The zero-order valence-electron chi connectivity index (χ0n) is 12.0. The fourth-order valence-electron chi connectivity index (χ4n) is 2.33. The second-order valence-electron chi connectivity index (χ2n) is 5.45. The highest BCUT2D eigenvalue weighted by Gasteiger charge is 2.48. The molecule has 126 valence electrons. The van der Waals surface area contributed by atoms with Crippen LogP contribution in [-0.4, -0.2) is 35.3 Å². The molecule has 1 aliphatic carbocycles. The summed E-state index contributed by atoms with van der Waals surface area (Å²) in [6.07, 6.45) is -2.89. The summed E-state index contributed by atoms with van der Waals surface area (Å²) in [5.74, 6) is -2.13. The molecule has 2 fully saturated rings. The van der Waals surface area contributed by atoms with E-state index >= 15 is 0 Å². The molecular weight excluding hydrogens is 315 g/mol. The minimum absolute atomic E-state index is 0.0625. The first-order chi connectivity index (χ1) is 10.8. The number of ether oxygens (including phenoxy) is 1. The number of carboxylic acid groups (broad SMARTS) is 1. The lowest BCUT2D eigenvalue weighted by molar-refractivity contribution is -0.192. The monoisotopic (exact) mass is 331 g/mol. The van der Waals surface area contributed by atoms with E-state index in [1.165, 1.54) is 6.42 Å². The SMILES string of the molecule is O=C(O)C(F)(F)F.O=C(OCc1ccccc1)[C@H]1C[C@@H]2C[C@H]2N1. The van der Waals surface area contributed by atoms with Gasteiger partial charge in [-0.1, -0.05) is 30.3 Å². The van der Waals surface area contributed by atoms with Crippen molar-refractivity contribution < 1.29 is 32.6 Å². The van der Waals surface area contributed by atoms with E-state index in [0.717, 1.165) is 17.9 Å². The highest BCUT2D eigenvalue weighted by atomic mass is 19.4. The molecule has 1 heterocycles. The summed E-state index contributed by atoms with van der Waals surface area (Å²) in [4.78, 5) is 20.6. The van der Waals surface area contributed by atoms with E-state index in [1.807, 2.05) is 30.3 Å². The zero-order valence-corrected chi connectivity index (χ0v) is 12.0. The number of fused-ring (bicyclic) bond motifs is 1. The largest absolute Gasteiger partial charge is 0.490 e. The Kier molecular flexibility index (Phi) is 5.25. The van der Waals surface area contributed by atoms with Crippen LogP contribution in [0.4, 0.5) is 13.2 Å². The normalized spacial score (nSPS) is 24.9. The predicted octanol–water partition coefficient (Wildman–Crippen LogP) is 2.11. The van der Waals surface area contributed by atoms with Crippen molar-refractivity contribution in [1.82, 2.24) is 5.32 Å². The molecule has 8 heteroatoms. The van der Waals surface area contributed by atoms with Crippen molar-refractivity contribution >= 4 is 11.9 Å². The number of rotatable bonds is 3. The Morgan fingerprint density at radius 3 is 2.30 bits per heavy atom. The molecule has 23 heavy (non-hydrogen) atoms. The quantitative estimate of drug-likeness (QED) is 0.830. The lowest BCUT2D eigenvalue weighted by atomic mass is 10.2. The van der Waals surface area contributed by atoms with Gasteiger partial charge in [-0.25, -0.2) is 4.79 Å². The predicted molar refractivity (Wildman–Crippen MR) is 73.4 cm³/mol. The van der Waals surface area contributed by atoms with E-state index in [0.29, 0.717) is 12.6 Å². The van der Waals surface area contributed by atoms with Crippen LogP contribution < -0.4 is 5.32 Å². The van der Waals surface area contributed by atoms with Crippen molar-refractivity contribution in [2.45, 2.75) is 37.7 Å². The van der Waals surface area contributed by atoms with Crippen LogP contribution in [0.25, 0.3) is 0 Å². The van der Waals surface area contributed by atoms with E-state index in [9.17, 15) is 18.0 Å². The molecular formula is C15H16F3NO4. The lowest BCUT2D eigenvalue weighted by Crippen LogP contribution is -2.35. The molecule has 0 amide bonds. The lowest BCUT2D eigenvalue weighted by Gasteiger charge is -2.12. The van der Waals surface area contributed by atoms with Crippen LogP contribution in [0.2, 0.25) is 0 Å². The van der Waals surface area contributed by atoms with Crippen molar-refractivity contribution in [3.8, 4) is 0 Å². The molecule has 1 aromatic carbocycles. The maximum Gasteiger partial charge on any atom is 0.490 e. The standard InChI is InChI=1S/C13H15NO2.C2HF3O2/c15-13(12-7-10-6-11(10)14-12)16-8-9-4-2-1-3-5-9;3-2(4,5)1(6)7/h1-5,10-12,14H,6-8H2;(H,6,7)/t10-,11+,12+;/m0./s1. The smallest absolute Gasteiger partial charge is 0.475 e. The molecule has 1 saturated heterocycles. The summed E-state index contributed by atoms with van der Waals surface area (Å²) >= 11 is 0. The Morgan fingerprint density at radius 1 is 1.22 bits per heavy atom. The average Bonchev–Trinajstić information content (AvgIpc) is 3.11. The van der Waals surface area contributed by atoms with E-state index in [-0.39, 0.29) is 12.0 Å². The third kappa shape index (κ3) is 5.24. The Balaban J connectivity index is 0.000000236. The van der Waals surface area contributed by atoms with Crippen molar-refractivity contribution in [2.24, 2.45) is 5.92 Å². The highest BCUT2D eigenvalue weighted by molar-refractivity contribution is 5.76. The number of carboxylic acids is 1. The fraction of sp³-hybridized carbons (Fsp3) is 0.467. The van der Waals surface area contributed by atoms with E-state index in [1.54, 1.807) is 0 Å². The summed E-state index contributed by atoms with van der Waals surface area (Å²) in [6, 6.07) is 10.3. The first-order valence-electron chi connectivity index (χ1n) is 7.04. The first kappa shape index (κ1) is 17.3. The topological polar surface area (TPSA) is 75.6 Å². The van der Waals surface area contributed by atoms with Gasteiger partial charge in [0.1, 0.15) is 12.6 Å². The van der Waals surface area contributed by atoms with Crippen LogP contribution in [0, 0.1) is 5.92 Å². The molecule has 2 aliphatic rings. The molecule has 0 unspecified atom stereocenters. The Hall–Kier alpha value is -2.09. The van der Waals surface area contributed by atoms with Crippen molar-refractivity contribution in [3.05, 3.63) is 35.9 Å². The van der Waals surface area contributed by atoms with E-state index < -0.39 is 12.1 Å². The number of nitrogens with one attached hydrogen (secondary N) is 1. The molecule has 3 rings (SSSR count). The maximum atomic E-state index is 11.7. The Bertz CT molecular complexity index is 552. The second-order valence-corrected chi connectivity index (χ2v) is 5.45. The first-order valence-corrected chi connectivity index (χ1v) is 7.04. The average molecular weight is 331 g/mol. The van der Waals surface area contributed by atoms with Gasteiger partial charge in [-0.05, 0) is 24.3 Å². The fourth-order valence-corrected chi connectivity index (χ4v) is 2.33. The summed E-state index contributed by atoms with van der Waals surface area (Å²) < 4.78 is 37.0. The molecule has 0 spiro atoms. The summed E-state index contributed by atoms with van der Waals surface area (Å²) in [6.45, 7) is 0.382. The summed E-state index contributed by atoms with van der Waals surface area (Å²) in [5.41, 5.74) is 1.04. The van der Waals surface area contributed by atoms with Crippen LogP contribution >= 0.6 is 0 Å². The summed E-state index contributed by atoms with van der Waals surface area (Å²) in [5, 5.41) is 10.4. The minimum atomic E-state index is -5.08. The third-order valence-electron chi connectivity index (χ3n) is 3.63. The van der Waals surface area contributed by atoms with Crippen LogP contribution in [0.3, 0.4) is 0 Å². The van der Waals surface area contributed by atoms with Crippen molar-refractivity contribution in [2.75, 3.05) is 0 Å². The van der Waals surface area contributed by atoms with E-state index in [2.05, 4.69) is 5.32 Å². The Labute approximate surface area is 130 Å². The minimum Gasteiger partial charge on any atom is -0.475 e. The van der Waals surface area contributed by atoms with Gasteiger partial charge in [0, 0.05) is 6.04 Å². The number of alkyl halides is 3. The van der Waals surface area contributed by atoms with Gasteiger partial charge in [0.25, 0.3) is 0 Å². The second kappa shape index (κ2) is 6.99. The number of hydrogen-bond acceptors (Lipinski definition) is 4. The van der Waals surface area contributed by atoms with Gasteiger partial charge >= 0.3 is 18.1 Å². The van der Waals surface area contributed by atoms with Crippen LogP contribution in [-0.2, 0) is 20.9 Å². The molecule has 1 aromatic rings. The van der Waals surface area contributed by atoms with Crippen LogP contribution in [0.1, 0.15) is 18.4 Å². The van der Waals surface area contributed by atoms with Gasteiger partial charge in [0.05, 0.1) is 0 Å². The van der Waals surface area contributed by atoms with Gasteiger partial charge in [-0.2, -0.15) is 13.2 Å². The van der Waals surface area contributed by atoms with Crippen molar-refractivity contribution in [1.29, 1.82) is 0 Å². The molecule has 2 N–H and O–H groups in total. The molecule has 1 saturated carbocycles. The number of carbonyl (C=O) groups is 2. The number of piperidine rings is 1. The number of halogens is 3. The Morgan fingerprint density at radius 2 is 1.83 bits per heavy atom. The van der Waals surface area contributed by atoms with E-state index in [4.69, 9.17) is 14.6 Å². The van der Waals surface area contributed by atoms with Gasteiger partial charge in [-0.15, -0.1) is 0 Å². The number of carbonyl (C=O) groups excluding carboxylic acids is 1. The van der Waals surface area contributed by atoms with Gasteiger partial charge in [0.2, 0.25) is 0 Å². The molecule has 0 radical (unpaired) electrons. The van der Waals surface area contributed by atoms with Crippen LogP contribution in [0.5, 0.6) is 0 Å². The molecule has 1 aliphatic heterocycles. The third-order valence-corrected chi connectivity index (χ3v) is 3.63. The number of benzene rings is 1. The molecule has 0 aromatic heterocycles. The molecule has 3 atom stereocenters. The van der Waals surface area contributed by atoms with Gasteiger partial charge < -0.3 is 15.2 Å². The summed E-state index contributed by atoms with van der Waals surface area (Å²) in [7, 11) is 0. The zero-order chi connectivity index (χ0) is 17.0. The maximum absolute atomic E-state index is 11.7. The van der Waals surface area contributed by atoms with Crippen LogP contribution in [0.15, 0.2) is 30.3 Å². The molecule has 5 nitrogen and oxygen atoms in total. The van der Waals surface area contributed by atoms with Crippen molar-refractivity contribution in [3.63, 3.8) is 0 Å².